The highest BCUT2D eigenvalue weighted by molar-refractivity contribution is 5.41. The minimum Gasteiger partial charge on any atom is -0.395 e. The Bertz CT molecular complexity index is 328. The molecule has 0 bridgehead atoms. The third-order valence-electron chi connectivity index (χ3n) is 2.77. The van der Waals surface area contributed by atoms with Gasteiger partial charge in [0.1, 0.15) is 5.82 Å². The van der Waals surface area contributed by atoms with Gasteiger partial charge in [-0.2, -0.15) is 0 Å². The summed E-state index contributed by atoms with van der Waals surface area (Å²) in [5.74, 6) is 0.905. The standard InChI is InChI=1S/C13H23N3O/c1-3-4-7-16(8-9-17)13-10-12(11(2)14)5-6-15-13/h5-6,10-11,17H,3-4,7-9,14H2,1-2H3. The second-order valence-corrected chi connectivity index (χ2v) is 4.30. The molecule has 0 saturated carbocycles. The van der Waals surface area contributed by atoms with Crippen molar-refractivity contribution in [1.29, 1.82) is 0 Å². The molecular formula is C13H23N3O. The highest BCUT2D eigenvalue weighted by Gasteiger charge is 2.08. The lowest BCUT2D eigenvalue weighted by Crippen LogP contribution is -2.28. The van der Waals surface area contributed by atoms with Gasteiger partial charge >= 0.3 is 0 Å². The van der Waals surface area contributed by atoms with E-state index in [1.54, 1.807) is 6.20 Å². The molecule has 1 aromatic rings. The molecule has 1 aromatic heterocycles. The molecule has 0 amide bonds. The van der Waals surface area contributed by atoms with Gasteiger partial charge in [-0.1, -0.05) is 13.3 Å². The van der Waals surface area contributed by atoms with Crippen molar-refractivity contribution in [2.24, 2.45) is 5.73 Å². The fourth-order valence-electron chi connectivity index (χ4n) is 1.70. The van der Waals surface area contributed by atoms with Crippen LogP contribution in [0.4, 0.5) is 5.82 Å². The molecule has 1 heterocycles. The molecule has 0 aliphatic rings. The summed E-state index contributed by atoms with van der Waals surface area (Å²) >= 11 is 0. The lowest BCUT2D eigenvalue weighted by Gasteiger charge is -2.23. The fraction of sp³-hybridized carbons (Fsp3) is 0.615. The Hall–Kier alpha value is -1.13. The van der Waals surface area contributed by atoms with Crippen LogP contribution in [0.25, 0.3) is 0 Å². The minimum atomic E-state index is 0.0129. The van der Waals surface area contributed by atoms with E-state index in [0.29, 0.717) is 6.54 Å². The quantitative estimate of drug-likeness (QED) is 0.757. The fourth-order valence-corrected chi connectivity index (χ4v) is 1.70. The molecule has 0 aliphatic heterocycles. The second kappa shape index (κ2) is 7.25. The smallest absolute Gasteiger partial charge is 0.128 e. The lowest BCUT2D eigenvalue weighted by atomic mass is 10.1. The van der Waals surface area contributed by atoms with Crippen molar-refractivity contribution < 1.29 is 5.11 Å². The SMILES string of the molecule is CCCCN(CCO)c1cc(C(C)N)ccn1. The first-order valence-corrected chi connectivity index (χ1v) is 6.26. The Labute approximate surface area is 103 Å². The molecule has 96 valence electrons. The van der Waals surface area contributed by atoms with E-state index in [0.717, 1.165) is 30.8 Å². The number of unbranched alkanes of at least 4 members (excludes halogenated alkanes) is 1. The van der Waals surface area contributed by atoms with Crippen LogP contribution in [-0.2, 0) is 0 Å². The summed E-state index contributed by atoms with van der Waals surface area (Å²) in [5.41, 5.74) is 6.94. The van der Waals surface area contributed by atoms with Crippen LogP contribution in [0.2, 0.25) is 0 Å². The van der Waals surface area contributed by atoms with E-state index < -0.39 is 0 Å². The molecule has 0 radical (unpaired) electrons. The highest BCUT2D eigenvalue weighted by Crippen LogP contribution is 2.17. The van der Waals surface area contributed by atoms with E-state index in [4.69, 9.17) is 10.8 Å². The maximum atomic E-state index is 9.08. The first-order chi connectivity index (χ1) is 8.19. The Kier molecular flexibility index (Phi) is 5.94. The van der Waals surface area contributed by atoms with E-state index in [9.17, 15) is 0 Å². The summed E-state index contributed by atoms with van der Waals surface area (Å²) < 4.78 is 0. The molecular weight excluding hydrogens is 214 g/mol. The summed E-state index contributed by atoms with van der Waals surface area (Å²) in [6.45, 7) is 5.81. The number of rotatable bonds is 7. The minimum absolute atomic E-state index is 0.0129. The van der Waals surface area contributed by atoms with Crippen LogP contribution in [0.15, 0.2) is 18.3 Å². The zero-order valence-corrected chi connectivity index (χ0v) is 10.8. The van der Waals surface area contributed by atoms with Gasteiger partial charge < -0.3 is 15.7 Å². The number of anilines is 1. The number of aromatic nitrogens is 1. The topological polar surface area (TPSA) is 62.4 Å². The van der Waals surface area contributed by atoms with Crippen molar-refractivity contribution in [3.63, 3.8) is 0 Å². The summed E-state index contributed by atoms with van der Waals surface area (Å²) in [4.78, 5) is 6.46. The summed E-state index contributed by atoms with van der Waals surface area (Å²) in [7, 11) is 0. The van der Waals surface area contributed by atoms with Crippen LogP contribution < -0.4 is 10.6 Å². The molecule has 4 nitrogen and oxygen atoms in total. The van der Waals surface area contributed by atoms with Crippen LogP contribution in [0, 0.1) is 0 Å². The summed E-state index contributed by atoms with van der Waals surface area (Å²) in [6.07, 6.45) is 4.02. The van der Waals surface area contributed by atoms with Crippen molar-refractivity contribution in [3.05, 3.63) is 23.9 Å². The number of hydrogen-bond acceptors (Lipinski definition) is 4. The Morgan fingerprint density at radius 2 is 2.24 bits per heavy atom. The van der Waals surface area contributed by atoms with Gasteiger partial charge in [0.15, 0.2) is 0 Å². The molecule has 0 spiro atoms. The molecule has 0 aliphatic carbocycles. The van der Waals surface area contributed by atoms with E-state index in [2.05, 4.69) is 16.8 Å². The number of pyridine rings is 1. The number of hydrogen-bond donors (Lipinski definition) is 2. The number of nitrogens with zero attached hydrogens (tertiary/aromatic N) is 2. The van der Waals surface area contributed by atoms with Crippen molar-refractivity contribution in [2.75, 3.05) is 24.6 Å². The van der Waals surface area contributed by atoms with Crippen molar-refractivity contribution in [3.8, 4) is 0 Å². The third-order valence-corrected chi connectivity index (χ3v) is 2.77. The summed E-state index contributed by atoms with van der Waals surface area (Å²) in [6, 6.07) is 3.96. The van der Waals surface area contributed by atoms with E-state index >= 15 is 0 Å². The third kappa shape index (κ3) is 4.32. The average Bonchev–Trinajstić information content (AvgIpc) is 2.34. The van der Waals surface area contributed by atoms with Crippen LogP contribution in [0.3, 0.4) is 0 Å². The Balaban J connectivity index is 2.81. The van der Waals surface area contributed by atoms with Crippen LogP contribution in [0.1, 0.15) is 38.3 Å². The van der Waals surface area contributed by atoms with E-state index in [1.807, 2.05) is 19.1 Å². The Morgan fingerprint density at radius 1 is 1.47 bits per heavy atom. The molecule has 0 fully saturated rings. The van der Waals surface area contributed by atoms with Gasteiger partial charge in [-0.25, -0.2) is 4.98 Å². The summed E-state index contributed by atoms with van der Waals surface area (Å²) in [5, 5.41) is 9.08. The van der Waals surface area contributed by atoms with Gasteiger partial charge in [-0.3, -0.25) is 0 Å². The predicted molar refractivity (Wildman–Crippen MR) is 71.0 cm³/mol. The van der Waals surface area contributed by atoms with Crippen LogP contribution >= 0.6 is 0 Å². The first-order valence-electron chi connectivity index (χ1n) is 6.26. The maximum Gasteiger partial charge on any atom is 0.128 e. The molecule has 4 heteroatoms. The normalized spacial score (nSPS) is 12.5. The number of aliphatic hydroxyl groups excluding tert-OH is 1. The van der Waals surface area contributed by atoms with Crippen molar-refractivity contribution >= 4 is 5.82 Å². The van der Waals surface area contributed by atoms with Gasteiger partial charge in [-0.15, -0.1) is 0 Å². The van der Waals surface area contributed by atoms with Crippen LogP contribution in [0.5, 0.6) is 0 Å². The van der Waals surface area contributed by atoms with Crippen molar-refractivity contribution in [1.82, 2.24) is 4.98 Å². The molecule has 0 saturated heterocycles. The molecule has 1 rings (SSSR count). The van der Waals surface area contributed by atoms with E-state index in [-0.39, 0.29) is 12.6 Å². The first kappa shape index (κ1) is 13.9. The molecule has 17 heavy (non-hydrogen) atoms. The number of nitrogens with two attached hydrogens (primary N) is 1. The molecule has 1 unspecified atom stereocenters. The Morgan fingerprint density at radius 3 is 2.82 bits per heavy atom. The average molecular weight is 237 g/mol. The van der Waals surface area contributed by atoms with Gasteiger partial charge in [0.25, 0.3) is 0 Å². The van der Waals surface area contributed by atoms with Gasteiger partial charge in [0, 0.05) is 25.3 Å². The lowest BCUT2D eigenvalue weighted by molar-refractivity contribution is 0.301. The van der Waals surface area contributed by atoms with Crippen molar-refractivity contribution in [2.45, 2.75) is 32.7 Å². The van der Waals surface area contributed by atoms with Gasteiger partial charge in [0.05, 0.1) is 6.61 Å². The number of aliphatic hydroxyl groups is 1. The van der Waals surface area contributed by atoms with E-state index in [1.165, 1.54) is 0 Å². The molecule has 3 N–H and O–H groups in total. The van der Waals surface area contributed by atoms with Gasteiger partial charge in [0.2, 0.25) is 0 Å². The predicted octanol–water partition coefficient (Wildman–Crippen LogP) is 1.70. The monoisotopic (exact) mass is 237 g/mol. The molecule has 1 atom stereocenters. The zero-order valence-electron chi connectivity index (χ0n) is 10.8. The van der Waals surface area contributed by atoms with Crippen LogP contribution in [-0.4, -0.2) is 29.8 Å². The molecule has 0 aromatic carbocycles. The van der Waals surface area contributed by atoms with Gasteiger partial charge in [-0.05, 0) is 31.0 Å². The zero-order chi connectivity index (χ0) is 12.7. The second-order valence-electron chi connectivity index (χ2n) is 4.30. The largest absolute Gasteiger partial charge is 0.395 e. The maximum absolute atomic E-state index is 9.08. The highest BCUT2D eigenvalue weighted by atomic mass is 16.3.